The van der Waals surface area contributed by atoms with Gasteiger partial charge in [0.25, 0.3) is 5.91 Å². The van der Waals surface area contributed by atoms with Crippen LogP contribution in [0.1, 0.15) is 46.7 Å². The summed E-state index contributed by atoms with van der Waals surface area (Å²) < 4.78 is 6.23. The molecule has 0 aliphatic carbocycles. The van der Waals surface area contributed by atoms with Gasteiger partial charge in [-0.25, -0.2) is 4.79 Å². The van der Waals surface area contributed by atoms with Gasteiger partial charge in [-0.3, -0.25) is 14.7 Å². The van der Waals surface area contributed by atoms with Gasteiger partial charge in [0.2, 0.25) is 0 Å². The van der Waals surface area contributed by atoms with Gasteiger partial charge in [-0.1, -0.05) is 13.3 Å². The van der Waals surface area contributed by atoms with Gasteiger partial charge in [0.05, 0.1) is 23.6 Å². The highest BCUT2D eigenvalue weighted by molar-refractivity contribution is 5.95. The Balaban J connectivity index is 1.91. The highest BCUT2D eigenvalue weighted by atomic mass is 16.5. The number of rotatable bonds is 7. The van der Waals surface area contributed by atoms with E-state index in [0.717, 1.165) is 10.9 Å². The molecular formula is C21H21N5O5. The largest absolute Gasteiger partial charge is 0.619 e. The number of esters is 1. The highest BCUT2D eigenvalue weighted by Crippen LogP contribution is 2.20. The maximum Gasteiger partial charge on any atom is 0.338 e. The number of benzene rings is 1. The summed E-state index contributed by atoms with van der Waals surface area (Å²) in [5.41, 5.74) is 0.655. The molecule has 0 saturated heterocycles. The van der Waals surface area contributed by atoms with E-state index < -0.39 is 17.4 Å². The van der Waals surface area contributed by atoms with Gasteiger partial charge in [-0.15, -0.1) is 5.11 Å². The molecule has 0 atom stereocenters. The lowest BCUT2D eigenvalue weighted by molar-refractivity contribution is -0.605. The standard InChI is InChI=1S/C21H21N5O5/c1-3-6-17-18(23-22-16-10-8-14(9-11-16)21(29)31-4-2)20(28)26(24-17)19(27)15-7-5-12-25(30)13-15/h5,7-13,24H,3-4,6H2,1-2H3. The van der Waals surface area contributed by atoms with E-state index in [-0.39, 0.29) is 17.9 Å². The summed E-state index contributed by atoms with van der Waals surface area (Å²) in [4.78, 5) is 37.2. The zero-order valence-electron chi connectivity index (χ0n) is 17.1. The minimum atomic E-state index is -0.673. The van der Waals surface area contributed by atoms with Crippen molar-refractivity contribution >= 4 is 23.3 Å². The fourth-order valence-corrected chi connectivity index (χ4v) is 2.84. The van der Waals surface area contributed by atoms with Gasteiger partial charge in [0, 0.05) is 6.07 Å². The van der Waals surface area contributed by atoms with Crippen molar-refractivity contribution in [1.82, 2.24) is 9.78 Å². The minimum Gasteiger partial charge on any atom is -0.619 e. The molecule has 0 bridgehead atoms. The number of nitrogens with one attached hydrogen (secondary N) is 1. The SMILES string of the molecule is CCCc1[nH]n(C(=O)c2ccc[n+]([O-])c2)c(=O)c1N=Nc1ccc(C(=O)OCC)cc1. The van der Waals surface area contributed by atoms with Crippen LogP contribution in [0.25, 0.3) is 0 Å². The van der Waals surface area contributed by atoms with Crippen LogP contribution < -0.4 is 10.3 Å². The number of carbonyl (C=O) groups is 2. The number of H-pyrrole nitrogens is 1. The number of hydrogen-bond acceptors (Lipinski definition) is 7. The Morgan fingerprint density at radius 3 is 2.52 bits per heavy atom. The Bertz CT molecular complexity index is 1180. The maximum atomic E-state index is 12.8. The van der Waals surface area contributed by atoms with E-state index in [1.807, 2.05) is 6.92 Å². The van der Waals surface area contributed by atoms with E-state index >= 15 is 0 Å². The summed E-state index contributed by atoms with van der Waals surface area (Å²) in [5, 5.41) is 22.3. The molecule has 0 amide bonds. The second-order valence-corrected chi connectivity index (χ2v) is 6.55. The highest BCUT2D eigenvalue weighted by Gasteiger charge is 2.20. The molecule has 0 saturated carbocycles. The molecule has 31 heavy (non-hydrogen) atoms. The molecule has 0 radical (unpaired) electrons. The van der Waals surface area contributed by atoms with Gasteiger partial charge in [0.1, 0.15) is 5.56 Å². The quantitative estimate of drug-likeness (QED) is 0.270. The van der Waals surface area contributed by atoms with E-state index in [2.05, 4.69) is 15.3 Å². The molecule has 10 nitrogen and oxygen atoms in total. The van der Waals surface area contributed by atoms with E-state index in [9.17, 15) is 19.6 Å². The first-order valence-electron chi connectivity index (χ1n) is 9.71. The maximum absolute atomic E-state index is 12.8. The fourth-order valence-electron chi connectivity index (χ4n) is 2.84. The Kier molecular flexibility index (Phi) is 6.71. The predicted molar refractivity (Wildman–Crippen MR) is 111 cm³/mol. The number of aryl methyl sites for hydroxylation is 1. The van der Waals surface area contributed by atoms with Crippen molar-refractivity contribution in [3.8, 4) is 0 Å². The van der Waals surface area contributed by atoms with Crippen LogP contribution in [-0.2, 0) is 11.2 Å². The zero-order chi connectivity index (χ0) is 22.4. The molecule has 3 rings (SSSR count). The van der Waals surface area contributed by atoms with Crippen LogP contribution in [0.4, 0.5) is 11.4 Å². The van der Waals surface area contributed by atoms with E-state index in [4.69, 9.17) is 4.74 Å². The number of pyridine rings is 1. The number of nitrogens with zero attached hydrogens (tertiary/aromatic N) is 4. The van der Waals surface area contributed by atoms with Crippen LogP contribution in [0.3, 0.4) is 0 Å². The Morgan fingerprint density at radius 1 is 1.13 bits per heavy atom. The summed E-state index contributed by atoms with van der Waals surface area (Å²) in [6.07, 6.45) is 3.50. The third-order valence-electron chi connectivity index (χ3n) is 4.31. The van der Waals surface area contributed by atoms with E-state index in [0.29, 0.717) is 34.5 Å². The molecule has 2 heterocycles. The number of aromatic nitrogens is 3. The molecule has 0 spiro atoms. The normalized spacial score (nSPS) is 11.0. The number of ether oxygens (including phenoxy) is 1. The first kappa shape index (κ1) is 21.6. The Hall–Kier alpha value is -4.08. The Labute approximate surface area is 177 Å². The zero-order valence-corrected chi connectivity index (χ0v) is 17.1. The molecule has 1 N–H and O–H groups in total. The lowest BCUT2D eigenvalue weighted by Crippen LogP contribution is -2.30. The number of aromatic amines is 1. The van der Waals surface area contributed by atoms with Gasteiger partial charge in [-0.05, 0) is 43.7 Å². The molecule has 10 heteroatoms. The minimum absolute atomic E-state index is 0.00982. The van der Waals surface area contributed by atoms with Gasteiger partial charge < -0.3 is 9.94 Å². The van der Waals surface area contributed by atoms with Crippen molar-refractivity contribution in [1.29, 1.82) is 0 Å². The van der Waals surface area contributed by atoms with Crippen LogP contribution in [-0.4, -0.2) is 28.3 Å². The second kappa shape index (κ2) is 9.61. The third kappa shape index (κ3) is 4.92. The van der Waals surface area contributed by atoms with Crippen molar-refractivity contribution in [3.63, 3.8) is 0 Å². The van der Waals surface area contributed by atoms with E-state index in [1.165, 1.54) is 18.3 Å². The average Bonchev–Trinajstić information content (AvgIpc) is 3.07. The monoisotopic (exact) mass is 423 g/mol. The van der Waals surface area contributed by atoms with Crippen molar-refractivity contribution in [2.45, 2.75) is 26.7 Å². The molecule has 2 aromatic heterocycles. The summed E-state index contributed by atoms with van der Waals surface area (Å²) in [7, 11) is 0. The van der Waals surface area contributed by atoms with Crippen molar-refractivity contribution < 1.29 is 19.1 Å². The topological polar surface area (TPSA) is 133 Å². The van der Waals surface area contributed by atoms with Gasteiger partial charge in [0.15, 0.2) is 18.1 Å². The van der Waals surface area contributed by atoms with Gasteiger partial charge >= 0.3 is 11.5 Å². The summed E-state index contributed by atoms with van der Waals surface area (Å²) in [6, 6.07) is 9.10. The van der Waals surface area contributed by atoms with Crippen molar-refractivity contribution in [2.24, 2.45) is 10.2 Å². The number of carbonyl (C=O) groups excluding carboxylic acids is 2. The second-order valence-electron chi connectivity index (χ2n) is 6.55. The predicted octanol–water partition coefficient (Wildman–Crippen LogP) is 3.04. The van der Waals surface area contributed by atoms with Crippen molar-refractivity contribution in [2.75, 3.05) is 6.61 Å². The summed E-state index contributed by atoms with van der Waals surface area (Å²) >= 11 is 0. The van der Waals surface area contributed by atoms with E-state index in [1.54, 1.807) is 31.2 Å². The summed E-state index contributed by atoms with van der Waals surface area (Å²) in [5.74, 6) is -1.11. The van der Waals surface area contributed by atoms with Crippen LogP contribution >= 0.6 is 0 Å². The molecule has 0 aliphatic rings. The first-order valence-corrected chi connectivity index (χ1v) is 9.71. The smallest absolute Gasteiger partial charge is 0.338 e. The molecule has 0 unspecified atom stereocenters. The molecule has 160 valence electrons. The van der Waals surface area contributed by atoms with Crippen LogP contribution in [0.15, 0.2) is 63.8 Å². The average molecular weight is 423 g/mol. The molecular weight excluding hydrogens is 402 g/mol. The molecule has 3 aromatic rings. The van der Waals surface area contributed by atoms with Crippen LogP contribution in [0, 0.1) is 5.21 Å². The van der Waals surface area contributed by atoms with Gasteiger partial charge in [-0.2, -0.15) is 14.5 Å². The van der Waals surface area contributed by atoms with Crippen LogP contribution in [0.5, 0.6) is 0 Å². The lowest BCUT2D eigenvalue weighted by Gasteiger charge is -2.01. The number of azo groups is 1. The van der Waals surface area contributed by atoms with Crippen LogP contribution in [0.2, 0.25) is 0 Å². The fraction of sp³-hybridized carbons (Fsp3) is 0.238. The summed E-state index contributed by atoms with van der Waals surface area (Å²) in [6.45, 7) is 3.92. The Morgan fingerprint density at radius 2 is 1.87 bits per heavy atom. The molecule has 0 aliphatic heterocycles. The third-order valence-corrected chi connectivity index (χ3v) is 4.31. The number of hydrogen-bond donors (Lipinski definition) is 1. The van der Waals surface area contributed by atoms with Crippen molar-refractivity contribution in [3.05, 3.63) is 81.2 Å². The molecule has 0 fully saturated rings. The lowest BCUT2D eigenvalue weighted by atomic mass is 10.2. The molecule has 1 aromatic carbocycles. The first-order chi connectivity index (χ1) is 14.9.